The predicted molar refractivity (Wildman–Crippen MR) is 66.2 cm³/mol. The summed E-state index contributed by atoms with van der Waals surface area (Å²) < 4.78 is 5.05. The van der Waals surface area contributed by atoms with E-state index < -0.39 is 0 Å². The summed E-state index contributed by atoms with van der Waals surface area (Å²) in [5.41, 5.74) is 0.192. The molecule has 1 aliphatic rings. The second kappa shape index (κ2) is 5.70. The van der Waals surface area contributed by atoms with Crippen LogP contribution in [-0.2, 0) is 9.53 Å². The van der Waals surface area contributed by atoms with Crippen molar-refractivity contribution in [1.29, 1.82) is 0 Å². The first-order chi connectivity index (χ1) is 7.47. The average molecular weight is 226 g/mol. The predicted octanol–water partition coefficient (Wildman–Crippen LogP) is 3.79. The zero-order valence-electron chi connectivity index (χ0n) is 11.2. The lowest BCUT2D eigenvalue weighted by Crippen LogP contribution is -2.29. The van der Waals surface area contributed by atoms with Gasteiger partial charge in [0.2, 0.25) is 0 Å². The van der Waals surface area contributed by atoms with Crippen molar-refractivity contribution < 1.29 is 9.53 Å². The molecule has 16 heavy (non-hydrogen) atoms. The van der Waals surface area contributed by atoms with Gasteiger partial charge in [-0.2, -0.15) is 0 Å². The van der Waals surface area contributed by atoms with Gasteiger partial charge >= 0.3 is 5.97 Å². The Hall–Kier alpha value is -0.530. The van der Waals surface area contributed by atoms with Crippen molar-refractivity contribution in [3.63, 3.8) is 0 Å². The highest BCUT2D eigenvalue weighted by Crippen LogP contribution is 2.43. The Labute approximate surface area is 99.8 Å². The zero-order chi connectivity index (χ0) is 12.2. The lowest BCUT2D eigenvalue weighted by atomic mass is 9.67. The Kier molecular flexibility index (Phi) is 4.82. The van der Waals surface area contributed by atoms with Gasteiger partial charge in [0.05, 0.1) is 13.0 Å². The van der Waals surface area contributed by atoms with Gasteiger partial charge in [-0.25, -0.2) is 0 Å². The van der Waals surface area contributed by atoms with E-state index in [1.54, 1.807) is 0 Å². The van der Waals surface area contributed by atoms with Crippen LogP contribution in [0.25, 0.3) is 0 Å². The molecule has 94 valence electrons. The summed E-state index contributed by atoms with van der Waals surface area (Å²) in [4.78, 5) is 11.5. The molecule has 0 aromatic heterocycles. The second-order valence-corrected chi connectivity index (χ2v) is 5.87. The molecule has 0 amide bonds. The molecular formula is C14H26O2. The topological polar surface area (TPSA) is 26.3 Å². The van der Waals surface area contributed by atoms with Crippen molar-refractivity contribution in [3.05, 3.63) is 0 Å². The van der Waals surface area contributed by atoms with Crippen LogP contribution in [0.2, 0.25) is 0 Å². The van der Waals surface area contributed by atoms with Gasteiger partial charge in [0, 0.05) is 0 Å². The third kappa shape index (κ3) is 3.80. The Morgan fingerprint density at radius 3 is 2.38 bits per heavy atom. The van der Waals surface area contributed by atoms with E-state index in [0.717, 1.165) is 11.8 Å². The molecule has 0 N–H and O–H groups in total. The molecule has 0 spiro atoms. The summed E-state index contributed by atoms with van der Waals surface area (Å²) in [5.74, 6) is 1.62. The van der Waals surface area contributed by atoms with Gasteiger partial charge in [-0.15, -0.1) is 0 Å². The number of carbonyl (C=O) groups excluding carboxylic acids is 1. The van der Waals surface area contributed by atoms with Crippen LogP contribution >= 0.6 is 0 Å². The van der Waals surface area contributed by atoms with E-state index in [0.29, 0.717) is 13.0 Å². The molecule has 0 aromatic carbocycles. The molecule has 2 heteroatoms. The van der Waals surface area contributed by atoms with E-state index in [1.165, 1.54) is 25.7 Å². The maximum absolute atomic E-state index is 11.5. The molecule has 0 heterocycles. The van der Waals surface area contributed by atoms with E-state index in [1.807, 2.05) is 6.92 Å². The van der Waals surface area contributed by atoms with Gasteiger partial charge < -0.3 is 4.74 Å². The molecule has 1 fully saturated rings. The molecule has 0 atom stereocenters. The quantitative estimate of drug-likeness (QED) is 0.682. The number of ether oxygens (including phenoxy) is 1. The summed E-state index contributed by atoms with van der Waals surface area (Å²) in [6.07, 6.45) is 5.50. The van der Waals surface area contributed by atoms with Gasteiger partial charge in [0.1, 0.15) is 0 Å². The van der Waals surface area contributed by atoms with Crippen LogP contribution in [0.4, 0.5) is 0 Å². The van der Waals surface area contributed by atoms with Gasteiger partial charge in [0.15, 0.2) is 0 Å². The third-order valence-corrected chi connectivity index (χ3v) is 4.06. The van der Waals surface area contributed by atoms with Crippen molar-refractivity contribution in [1.82, 2.24) is 0 Å². The third-order valence-electron chi connectivity index (χ3n) is 4.06. The molecule has 2 nitrogen and oxygen atoms in total. The minimum atomic E-state index is -0.0204. The van der Waals surface area contributed by atoms with Gasteiger partial charge in [0.25, 0.3) is 0 Å². The monoisotopic (exact) mass is 226 g/mol. The highest BCUT2D eigenvalue weighted by molar-refractivity contribution is 5.70. The van der Waals surface area contributed by atoms with E-state index in [-0.39, 0.29) is 11.4 Å². The molecule has 0 aromatic rings. The van der Waals surface area contributed by atoms with Crippen LogP contribution in [0.1, 0.15) is 59.8 Å². The van der Waals surface area contributed by atoms with Crippen LogP contribution < -0.4 is 0 Å². The molecule has 1 saturated carbocycles. The smallest absolute Gasteiger partial charge is 0.306 e. The number of hydrogen-bond acceptors (Lipinski definition) is 2. The van der Waals surface area contributed by atoms with Crippen molar-refractivity contribution in [2.24, 2.45) is 17.3 Å². The molecule has 0 radical (unpaired) electrons. The average Bonchev–Trinajstić information content (AvgIpc) is 2.17. The minimum absolute atomic E-state index is 0.0204. The Morgan fingerprint density at radius 2 is 1.94 bits per heavy atom. The second-order valence-electron chi connectivity index (χ2n) is 5.87. The summed E-state index contributed by atoms with van der Waals surface area (Å²) in [6.45, 7) is 9.22. The molecule has 1 aliphatic carbocycles. The van der Waals surface area contributed by atoms with Crippen molar-refractivity contribution in [2.45, 2.75) is 59.8 Å². The van der Waals surface area contributed by atoms with E-state index in [2.05, 4.69) is 20.8 Å². The van der Waals surface area contributed by atoms with E-state index in [4.69, 9.17) is 4.74 Å². The van der Waals surface area contributed by atoms with Crippen LogP contribution in [0.15, 0.2) is 0 Å². The molecule has 1 rings (SSSR count). The number of rotatable bonds is 4. The van der Waals surface area contributed by atoms with Gasteiger partial charge in [-0.3, -0.25) is 4.79 Å². The standard InChI is InChI=1S/C14H26O2/c1-5-16-13(15)10-14(4)8-6-12(7-9-14)11(2)3/h11-12H,5-10H2,1-4H3. The maximum Gasteiger partial charge on any atom is 0.306 e. The fourth-order valence-electron chi connectivity index (χ4n) is 2.74. The lowest BCUT2D eigenvalue weighted by Gasteiger charge is -2.38. The normalized spacial score (nSPS) is 30.4. The number of carbonyl (C=O) groups is 1. The number of hydrogen-bond donors (Lipinski definition) is 0. The highest BCUT2D eigenvalue weighted by atomic mass is 16.5. The van der Waals surface area contributed by atoms with Crippen LogP contribution in [-0.4, -0.2) is 12.6 Å². The SMILES string of the molecule is CCOC(=O)CC1(C)CCC(C(C)C)CC1. The molecule has 0 bridgehead atoms. The van der Waals surface area contributed by atoms with E-state index >= 15 is 0 Å². The summed E-state index contributed by atoms with van der Waals surface area (Å²) in [7, 11) is 0. The van der Waals surface area contributed by atoms with E-state index in [9.17, 15) is 4.79 Å². The first kappa shape index (κ1) is 13.5. The molecule has 0 aliphatic heterocycles. The highest BCUT2D eigenvalue weighted by Gasteiger charge is 2.34. The molecule has 0 unspecified atom stereocenters. The summed E-state index contributed by atoms with van der Waals surface area (Å²) in [6, 6.07) is 0. The Morgan fingerprint density at radius 1 is 1.38 bits per heavy atom. The van der Waals surface area contributed by atoms with Crippen molar-refractivity contribution >= 4 is 5.97 Å². The Bertz CT molecular complexity index is 225. The van der Waals surface area contributed by atoms with Crippen LogP contribution in [0, 0.1) is 17.3 Å². The lowest BCUT2D eigenvalue weighted by molar-refractivity contribution is -0.146. The van der Waals surface area contributed by atoms with Crippen molar-refractivity contribution in [3.8, 4) is 0 Å². The first-order valence-corrected chi connectivity index (χ1v) is 6.62. The maximum atomic E-state index is 11.5. The van der Waals surface area contributed by atoms with Crippen molar-refractivity contribution in [2.75, 3.05) is 6.61 Å². The fourth-order valence-corrected chi connectivity index (χ4v) is 2.74. The van der Waals surface area contributed by atoms with Crippen LogP contribution in [0.5, 0.6) is 0 Å². The fraction of sp³-hybridized carbons (Fsp3) is 0.929. The first-order valence-electron chi connectivity index (χ1n) is 6.62. The largest absolute Gasteiger partial charge is 0.466 e. The zero-order valence-corrected chi connectivity index (χ0v) is 11.2. The Balaban J connectivity index is 2.40. The molecule has 0 saturated heterocycles. The van der Waals surface area contributed by atoms with Gasteiger partial charge in [-0.1, -0.05) is 20.8 Å². The van der Waals surface area contributed by atoms with Gasteiger partial charge in [-0.05, 0) is 49.9 Å². The number of esters is 1. The minimum Gasteiger partial charge on any atom is -0.466 e. The molecular weight excluding hydrogens is 200 g/mol. The summed E-state index contributed by atoms with van der Waals surface area (Å²) >= 11 is 0. The summed E-state index contributed by atoms with van der Waals surface area (Å²) in [5, 5.41) is 0. The van der Waals surface area contributed by atoms with Crippen LogP contribution in [0.3, 0.4) is 0 Å².